The maximum atomic E-state index is 6.06. The number of nitrogen functional groups attached to an aromatic ring is 1. The Balaban J connectivity index is 2.22. The van der Waals surface area contributed by atoms with Crippen molar-refractivity contribution in [3.8, 4) is 11.4 Å². The molecule has 0 unspecified atom stereocenters. The van der Waals surface area contributed by atoms with Gasteiger partial charge in [-0.15, -0.1) is 0 Å². The summed E-state index contributed by atoms with van der Waals surface area (Å²) >= 11 is 6.06. The van der Waals surface area contributed by atoms with Crippen LogP contribution in [-0.4, -0.2) is 10.1 Å². The third-order valence-corrected chi connectivity index (χ3v) is 2.72. The first-order valence-corrected chi connectivity index (χ1v) is 5.11. The topological polar surface area (TPSA) is 67.8 Å². The molecule has 2 aromatic heterocycles. The molecule has 0 spiro atoms. The number of nitrogens with zero attached hydrogens (tertiary/aromatic N) is 1. The summed E-state index contributed by atoms with van der Waals surface area (Å²) in [6.45, 7) is 0. The van der Waals surface area contributed by atoms with Crippen molar-refractivity contribution in [2.45, 2.75) is 0 Å². The minimum absolute atomic E-state index is 0.291. The van der Waals surface area contributed by atoms with Gasteiger partial charge in [0, 0.05) is 11.5 Å². The van der Waals surface area contributed by atoms with Crippen LogP contribution in [0.3, 0.4) is 0 Å². The predicted molar refractivity (Wildman–Crippen MR) is 63.2 cm³/mol. The van der Waals surface area contributed by atoms with Crippen molar-refractivity contribution in [1.29, 1.82) is 0 Å². The number of para-hydroxylation sites is 1. The zero-order valence-corrected chi connectivity index (χ0v) is 8.95. The number of hydrogen-bond donors (Lipinski definition) is 2. The van der Waals surface area contributed by atoms with E-state index < -0.39 is 0 Å². The molecular weight excluding hydrogens is 226 g/mol. The first-order valence-electron chi connectivity index (χ1n) is 4.74. The molecule has 0 radical (unpaired) electrons. The summed E-state index contributed by atoms with van der Waals surface area (Å²) in [6, 6.07) is 9.34. The van der Waals surface area contributed by atoms with Crippen LogP contribution in [0.5, 0.6) is 0 Å². The third-order valence-electron chi connectivity index (χ3n) is 2.41. The van der Waals surface area contributed by atoms with Gasteiger partial charge in [0.15, 0.2) is 0 Å². The lowest BCUT2D eigenvalue weighted by atomic mass is 10.2. The van der Waals surface area contributed by atoms with E-state index in [-0.39, 0.29) is 0 Å². The second kappa shape index (κ2) is 3.28. The fourth-order valence-electron chi connectivity index (χ4n) is 1.67. The van der Waals surface area contributed by atoms with Gasteiger partial charge in [0.05, 0.1) is 16.2 Å². The molecule has 0 aliphatic rings. The molecular formula is C11H8ClN3O. The van der Waals surface area contributed by atoms with Crippen molar-refractivity contribution < 1.29 is 4.52 Å². The molecule has 3 aromatic rings. The summed E-state index contributed by atoms with van der Waals surface area (Å²) in [5, 5.41) is 5.55. The molecule has 80 valence electrons. The number of aromatic amines is 1. The highest BCUT2D eigenvalue weighted by atomic mass is 35.5. The highest BCUT2D eigenvalue weighted by Gasteiger charge is 2.09. The van der Waals surface area contributed by atoms with Crippen molar-refractivity contribution in [3.63, 3.8) is 0 Å². The minimum atomic E-state index is 0.291. The molecule has 2 heterocycles. The zero-order valence-electron chi connectivity index (χ0n) is 8.20. The Kier molecular flexibility index (Phi) is 1.91. The number of H-pyrrole nitrogens is 1. The lowest BCUT2D eigenvalue weighted by molar-refractivity contribution is 0.439. The second-order valence-electron chi connectivity index (χ2n) is 3.50. The quantitative estimate of drug-likeness (QED) is 0.679. The normalized spacial score (nSPS) is 11.1. The Bertz CT molecular complexity index is 656. The maximum absolute atomic E-state index is 6.06. The van der Waals surface area contributed by atoms with Gasteiger partial charge in [0.25, 0.3) is 0 Å². The van der Waals surface area contributed by atoms with Gasteiger partial charge in [-0.25, -0.2) is 0 Å². The van der Waals surface area contributed by atoms with Gasteiger partial charge in [-0.05, 0) is 12.1 Å². The van der Waals surface area contributed by atoms with Crippen LogP contribution in [0.1, 0.15) is 0 Å². The monoisotopic (exact) mass is 233 g/mol. The molecule has 0 aliphatic heterocycles. The van der Waals surface area contributed by atoms with Crippen LogP contribution < -0.4 is 5.73 Å². The van der Waals surface area contributed by atoms with Crippen molar-refractivity contribution in [2.24, 2.45) is 0 Å². The Morgan fingerprint density at radius 3 is 2.88 bits per heavy atom. The number of nitrogens with two attached hydrogens (primary N) is 1. The summed E-state index contributed by atoms with van der Waals surface area (Å²) in [5.41, 5.74) is 7.87. The fraction of sp³-hybridized carbons (Fsp3) is 0. The second-order valence-corrected chi connectivity index (χ2v) is 3.91. The molecule has 4 nitrogen and oxygen atoms in total. The van der Waals surface area contributed by atoms with E-state index in [1.807, 2.05) is 24.3 Å². The molecule has 16 heavy (non-hydrogen) atoms. The first-order chi connectivity index (χ1) is 7.74. The Labute approximate surface area is 96.0 Å². The average Bonchev–Trinajstić information content (AvgIpc) is 2.84. The van der Waals surface area contributed by atoms with Crippen molar-refractivity contribution in [2.75, 3.05) is 5.73 Å². The minimum Gasteiger partial charge on any atom is -0.368 e. The molecule has 0 aliphatic carbocycles. The number of hydrogen-bond acceptors (Lipinski definition) is 3. The highest BCUT2D eigenvalue weighted by Crippen LogP contribution is 2.28. The zero-order chi connectivity index (χ0) is 11.1. The summed E-state index contributed by atoms with van der Waals surface area (Å²) in [5.74, 6) is 0.291. The molecule has 5 heteroatoms. The van der Waals surface area contributed by atoms with Gasteiger partial charge < -0.3 is 15.2 Å². The van der Waals surface area contributed by atoms with E-state index in [1.165, 1.54) is 0 Å². The van der Waals surface area contributed by atoms with Crippen molar-refractivity contribution >= 4 is 28.4 Å². The fourth-order valence-corrected chi connectivity index (χ4v) is 1.90. The van der Waals surface area contributed by atoms with Crippen LogP contribution in [0.4, 0.5) is 5.88 Å². The number of nitrogens with one attached hydrogen (secondary N) is 1. The summed E-state index contributed by atoms with van der Waals surface area (Å²) in [4.78, 5) is 3.18. The number of aromatic nitrogens is 2. The number of fused-ring (bicyclic) bond motifs is 1. The molecule has 0 saturated heterocycles. The van der Waals surface area contributed by atoms with Crippen LogP contribution in [0.2, 0.25) is 5.02 Å². The van der Waals surface area contributed by atoms with Crippen LogP contribution in [0.15, 0.2) is 34.9 Å². The van der Waals surface area contributed by atoms with Crippen LogP contribution >= 0.6 is 11.6 Å². The highest BCUT2D eigenvalue weighted by molar-refractivity contribution is 6.35. The summed E-state index contributed by atoms with van der Waals surface area (Å²) in [6.07, 6.45) is 0. The third kappa shape index (κ3) is 1.35. The maximum Gasteiger partial charge on any atom is 0.222 e. The van der Waals surface area contributed by atoms with Crippen LogP contribution in [0.25, 0.3) is 22.3 Å². The number of rotatable bonds is 1. The number of benzene rings is 1. The molecule has 1 aromatic carbocycles. The Morgan fingerprint density at radius 2 is 2.19 bits per heavy atom. The standard InChI is InChI=1S/C11H8ClN3O/c12-7-3-1-2-6-4-8(14-11(6)7)9-5-10(13)16-15-9/h1-5,14H,13H2. The van der Waals surface area contributed by atoms with E-state index in [1.54, 1.807) is 6.07 Å². The van der Waals surface area contributed by atoms with Gasteiger partial charge in [-0.3, -0.25) is 0 Å². The van der Waals surface area contributed by atoms with Gasteiger partial charge in [-0.1, -0.05) is 28.9 Å². The first kappa shape index (κ1) is 9.30. The van der Waals surface area contributed by atoms with Crippen LogP contribution in [0, 0.1) is 0 Å². The average molecular weight is 234 g/mol. The summed E-state index contributed by atoms with van der Waals surface area (Å²) in [7, 11) is 0. The molecule has 0 bridgehead atoms. The van der Waals surface area contributed by atoms with Gasteiger partial charge in [0.1, 0.15) is 5.69 Å². The molecule has 3 rings (SSSR count). The SMILES string of the molecule is Nc1cc(-c2cc3cccc(Cl)c3[nH]2)no1. The van der Waals surface area contributed by atoms with E-state index in [0.29, 0.717) is 16.6 Å². The van der Waals surface area contributed by atoms with Crippen LogP contribution in [-0.2, 0) is 0 Å². The van der Waals surface area contributed by atoms with Gasteiger partial charge in [-0.2, -0.15) is 0 Å². The van der Waals surface area contributed by atoms with E-state index in [2.05, 4.69) is 10.1 Å². The van der Waals surface area contributed by atoms with E-state index in [9.17, 15) is 0 Å². The Hall–Kier alpha value is -1.94. The lowest BCUT2D eigenvalue weighted by Gasteiger charge is -1.91. The molecule has 0 amide bonds. The number of halogens is 1. The number of anilines is 1. The van der Waals surface area contributed by atoms with Crippen molar-refractivity contribution in [3.05, 3.63) is 35.4 Å². The molecule has 3 N–H and O–H groups in total. The summed E-state index contributed by atoms with van der Waals surface area (Å²) < 4.78 is 4.82. The lowest BCUT2D eigenvalue weighted by Crippen LogP contribution is -1.77. The smallest absolute Gasteiger partial charge is 0.222 e. The van der Waals surface area contributed by atoms with E-state index in [4.69, 9.17) is 21.9 Å². The largest absolute Gasteiger partial charge is 0.368 e. The van der Waals surface area contributed by atoms with E-state index in [0.717, 1.165) is 16.6 Å². The molecule has 0 fully saturated rings. The predicted octanol–water partition coefficient (Wildman–Crippen LogP) is 3.06. The molecule has 0 atom stereocenters. The van der Waals surface area contributed by atoms with E-state index >= 15 is 0 Å². The van der Waals surface area contributed by atoms with Gasteiger partial charge in [0.2, 0.25) is 5.88 Å². The van der Waals surface area contributed by atoms with Crippen molar-refractivity contribution in [1.82, 2.24) is 10.1 Å². The Morgan fingerprint density at radius 1 is 1.31 bits per heavy atom. The van der Waals surface area contributed by atoms with Gasteiger partial charge >= 0.3 is 0 Å². The molecule has 0 saturated carbocycles.